The van der Waals surface area contributed by atoms with Crippen LogP contribution in [0, 0.1) is 19.8 Å². The summed E-state index contributed by atoms with van der Waals surface area (Å²) in [6.45, 7) is 6.76. The van der Waals surface area contributed by atoms with Crippen LogP contribution in [0.4, 0.5) is 0 Å². The van der Waals surface area contributed by atoms with Crippen LogP contribution in [-0.4, -0.2) is 48.8 Å². The fraction of sp³-hybridized carbons (Fsp3) is 0.625. The summed E-state index contributed by atoms with van der Waals surface area (Å²) < 4.78 is 0. The second-order valence-corrected chi connectivity index (χ2v) is 6.11. The highest BCUT2D eigenvalue weighted by atomic mass is 16.1. The van der Waals surface area contributed by atoms with Crippen molar-refractivity contribution >= 4 is 12.2 Å². The summed E-state index contributed by atoms with van der Waals surface area (Å²) >= 11 is 0. The molecule has 0 aromatic carbocycles. The molecule has 1 fully saturated rings. The summed E-state index contributed by atoms with van der Waals surface area (Å²) in [6, 6.07) is 0. The summed E-state index contributed by atoms with van der Waals surface area (Å²) in [7, 11) is 2.14. The summed E-state index contributed by atoms with van der Waals surface area (Å²) in [5.74, 6) is 0.626. The number of hydrogen-bond acceptors (Lipinski definition) is 3. The van der Waals surface area contributed by atoms with Gasteiger partial charge in [-0.3, -0.25) is 9.59 Å². The van der Waals surface area contributed by atoms with Crippen molar-refractivity contribution in [3.63, 3.8) is 0 Å². The monoisotopic (exact) mass is 291 g/mol. The van der Waals surface area contributed by atoms with Gasteiger partial charge in [0.15, 0.2) is 6.29 Å². The molecule has 0 unspecified atom stereocenters. The highest BCUT2D eigenvalue weighted by Crippen LogP contribution is 2.18. The van der Waals surface area contributed by atoms with Gasteiger partial charge in [-0.15, -0.1) is 0 Å². The Morgan fingerprint density at radius 1 is 1.38 bits per heavy atom. The van der Waals surface area contributed by atoms with Gasteiger partial charge in [0.05, 0.1) is 12.1 Å². The molecule has 0 aliphatic carbocycles. The third-order valence-electron chi connectivity index (χ3n) is 4.51. The van der Waals surface area contributed by atoms with Crippen LogP contribution in [0.5, 0.6) is 0 Å². The number of aromatic amines is 1. The van der Waals surface area contributed by atoms with E-state index in [0.29, 0.717) is 18.0 Å². The van der Waals surface area contributed by atoms with E-state index in [-0.39, 0.29) is 5.91 Å². The van der Waals surface area contributed by atoms with Crippen LogP contribution >= 0.6 is 0 Å². The molecule has 0 bridgehead atoms. The van der Waals surface area contributed by atoms with Crippen LogP contribution in [0.2, 0.25) is 0 Å². The number of rotatable bonds is 5. The lowest BCUT2D eigenvalue weighted by Crippen LogP contribution is -2.37. The molecule has 0 radical (unpaired) electrons. The van der Waals surface area contributed by atoms with E-state index in [9.17, 15) is 9.59 Å². The molecule has 21 heavy (non-hydrogen) atoms. The maximum absolute atomic E-state index is 12.1. The van der Waals surface area contributed by atoms with Gasteiger partial charge in [-0.1, -0.05) is 0 Å². The second kappa shape index (κ2) is 6.89. The number of likely N-dealkylation sites (tertiary alicyclic amines) is 1. The largest absolute Gasteiger partial charge is 0.356 e. The van der Waals surface area contributed by atoms with Gasteiger partial charge in [-0.25, -0.2) is 0 Å². The zero-order valence-electron chi connectivity index (χ0n) is 13.2. The van der Waals surface area contributed by atoms with Crippen LogP contribution in [0.25, 0.3) is 0 Å². The molecule has 116 valence electrons. The zero-order chi connectivity index (χ0) is 15.4. The summed E-state index contributed by atoms with van der Waals surface area (Å²) in [5.41, 5.74) is 3.31. The molecule has 1 amide bonds. The average molecular weight is 291 g/mol. The van der Waals surface area contributed by atoms with E-state index >= 15 is 0 Å². The number of carbonyl (C=O) groups excluding carboxylic acids is 2. The molecule has 1 saturated heterocycles. The fourth-order valence-corrected chi connectivity index (χ4v) is 2.95. The SMILES string of the molecule is Cc1[nH]c(C=O)c(C)c1CC(=O)NCC1CCN(C)CC1. The summed E-state index contributed by atoms with van der Waals surface area (Å²) in [4.78, 5) is 28.3. The molecule has 1 aromatic rings. The number of H-pyrrole nitrogens is 1. The predicted molar refractivity (Wildman–Crippen MR) is 82.6 cm³/mol. The van der Waals surface area contributed by atoms with Gasteiger partial charge >= 0.3 is 0 Å². The van der Waals surface area contributed by atoms with E-state index in [0.717, 1.165) is 55.6 Å². The maximum Gasteiger partial charge on any atom is 0.224 e. The second-order valence-electron chi connectivity index (χ2n) is 6.11. The first kappa shape index (κ1) is 15.8. The van der Waals surface area contributed by atoms with Crippen molar-refractivity contribution in [3.05, 3.63) is 22.5 Å². The first-order valence-electron chi connectivity index (χ1n) is 7.59. The van der Waals surface area contributed by atoms with E-state index in [2.05, 4.69) is 22.2 Å². The molecule has 1 aliphatic rings. The molecule has 2 heterocycles. The van der Waals surface area contributed by atoms with E-state index in [4.69, 9.17) is 0 Å². The van der Waals surface area contributed by atoms with Gasteiger partial charge in [-0.2, -0.15) is 0 Å². The highest BCUT2D eigenvalue weighted by Gasteiger charge is 2.18. The van der Waals surface area contributed by atoms with Crippen molar-refractivity contribution in [2.45, 2.75) is 33.1 Å². The minimum Gasteiger partial charge on any atom is -0.356 e. The number of aryl methyl sites for hydroxylation is 1. The van der Waals surface area contributed by atoms with Gasteiger partial charge in [-0.05, 0) is 63.9 Å². The van der Waals surface area contributed by atoms with Crippen molar-refractivity contribution in [2.24, 2.45) is 5.92 Å². The highest BCUT2D eigenvalue weighted by molar-refractivity contribution is 5.82. The molecule has 1 aliphatic heterocycles. The third-order valence-corrected chi connectivity index (χ3v) is 4.51. The van der Waals surface area contributed by atoms with E-state index < -0.39 is 0 Å². The zero-order valence-corrected chi connectivity index (χ0v) is 13.2. The Bertz CT molecular complexity index is 514. The lowest BCUT2D eigenvalue weighted by Gasteiger charge is -2.28. The molecule has 2 rings (SSSR count). The first-order chi connectivity index (χ1) is 10.0. The Morgan fingerprint density at radius 2 is 2.05 bits per heavy atom. The van der Waals surface area contributed by atoms with Crippen LogP contribution in [0.3, 0.4) is 0 Å². The maximum atomic E-state index is 12.1. The first-order valence-corrected chi connectivity index (χ1v) is 7.59. The smallest absolute Gasteiger partial charge is 0.224 e. The number of amides is 1. The summed E-state index contributed by atoms with van der Waals surface area (Å²) in [5, 5.41) is 3.04. The Balaban J connectivity index is 1.85. The van der Waals surface area contributed by atoms with Gasteiger partial charge in [0, 0.05) is 12.2 Å². The molecule has 0 saturated carbocycles. The predicted octanol–water partition coefficient (Wildman–Crippen LogP) is 1.44. The Morgan fingerprint density at radius 3 is 2.62 bits per heavy atom. The quantitative estimate of drug-likeness (QED) is 0.807. The van der Waals surface area contributed by atoms with Crippen molar-refractivity contribution in [1.82, 2.24) is 15.2 Å². The minimum absolute atomic E-state index is 0.0385. The lowest BCUT2D eigenvalue weighted by atomic mass is 9.97. The number of hydrogen-bond donors (Lipinski definition) is 2. The number of nitrogens with one attached hydrogen (secondary N) is 2. The number of piperidine rings is 1. The molecular formula is C16H25N3O2. The normalized spacial score (nSPS) is 16.9. The number of carbonyl (C=O) groups is 2. The molecule has 1 aromatic heterocycles. The molecule has 5 heteroatoms. The Kier molecular flexibility index (Phi) is 5.17. The van der Waals surface area contributed by atoms with E-state index in [1.165, 1.54) is 0 Å². The van der Waals surface area contributed by atoms with Gasteiger partial charge in [0.2, 0.25) is 5.91 Å². The van der Waals surface area contributed by atoms with Gasteiger partial charge < -0.3 is 15.2 Å². The molecule has 2 N–H and O–H groups in total. The average Bonchev–Trinajstić information content (AvgIpc) is 2.74. The van der Waals surface area contributed by atoms with Gasteiger partial charge in [0.1, 0.15) is 0 Å². The molecule has 5 nitrogen and oxygen atoms in total. The van der Waals surface area contributed by atoms with Crippen molar-refractivity contribution < 1.29 is 9.59 Å². The number of nitrogens with zero attached hydrogens (tertiary/aromatic N) is 1. The standard InChI is InChI=1S/C16H25N3O2/c1-11-14(12(2)18-15(11)10-20)8-16(21)17-9-13-4-6-19(3)7-5-13/h10,13,18H,4-9H2,1-3H3,(H,17,21). The molecule has 0 atom stereocenters. The van der Waals surface area contributed by atoms with Crippen molar-refractivity contribution in [1.29, 1.82) is 0 Å². The van der Waals surface area contributed by atoms with Crippen LogP contribution in [-0.2, 0) is 11.2 Å². The van der Waals surface area contributed by atoms with Crippen molar-refractivity contribution in [2.75, 3.05) is 26.7 Å². The van der Waals surface area contributed by atoms with E-state index in [1.54, 1.807) is 0 Å². The molecule has 0 spiro atoms. The Labute approximate surface area is 126 Å². The summed E-state index contributed by atoms with van der Waals surface area (Å²) in [6.07, 6.45) is 3.44. The number of aldehydes is 1. The topological polar surface area (TPSA) is 65.2 Å². The van der Waals surface area contributed by atoms with Crippen molar-refractivity contribution in [3.8, 4) is 0 Å². The Hall–Kier alpha value is -1.62. The van der Waals surface area contributed by atoms with E-state index in [1.807, 2.05) is 13.8 Å². The third kappa shape index (κ3) is 3.94. The molecular weight excluding hydrogens is 266 g/mol. The van der Waals surface area contributed by atoms with Crippen LogP contribution in [0.15, 0.2) is 0 Å². The number of aromatic nitrogens is 1. The minimum atomic E-state index is 0.0385. The van der Waals surface area contributed by atoms with Crippen LogP contribution < -0.4 is 5.32 Å². The van der Waals surface area contributed by atoms with Gasteiger partial charge in [0.25, 0.3) is 0 Å². The van der Waals surface area contributed by atoms with Crippen LogP contribution in [0.1, 0.15) is 40.2 Å². The fourth-order valence-electron chi connectivity index (χ4n) is 2.95. The lowest BCUT2D eigenvalue weighted by molar-refractivity contribution is -0.120.